The molecule has 10 heteroatoms. The van der Waals surface area contributed by atoms with Crippen LogP contribution >= 0.6 is 0 Å². The molecule has 1 fully saturated rings. The zero-order chi connectivity index (χ0) is 25.7. The summed E-state index contributed by atoms with van der Waals surface area (Å²) in [7, 11) is -1.30. The predicted molar refractivity (Wildman–Crippen MR) is 138 cm³/mol. The zero-order valence-electron chi connectivity index (χ0n) is 20.8. The van der Waals surface area contributed by atoms with E-state index in [1.165, 1.54) is 4.40 Å². The fourth-order valence-corrected chi connectivity index (χ4v) is 6.86. The van der Waals surface area contributed by atoms with Gasteiger partial charge in [0.15, 0.2) is 5.65 Å². The van der Waals surface area contributed by atoms with E-state index in [4.69, 9.17) is 0 Å². The Labute approximate surface area is 216 Å². The minimum atomic E-state index is -2.68. The molecule has 37 heavy (non-hydrogen) atoms. The zero-order valence-corrected chi connectivity index (χ0v) is 21.6. The second-order valence-corrected chi connectivity index (χ2v) is 11.3. The van der Waals surface area contributed by atoms with Gasteiger partial charge in [0.1, 0.15) is 16.8 Å². The second kappa shape index (κ2) is 9.57. The van der Waals surface area contributed by atoms with Crippen molar-refractivity contribution in [2.24, 2.45) is 0 Å². The highest BCUT2D eigenvalue weighted by molar-refractivity contribution is 7.82. The van der Waals surface area contributed by atoms with E-state index in [2.05, 4.69) is 49.5 Å². The fraction of sp³-hybridized carbons (Fsp3) is 0.370. The van der Waals surface area contributed by atoms with Crippen molar-refractivity contribution < 1.29 is 13.0 Å². The van der Waals surface area contributed by atoms with Gasteiger partial charge in [0.25, 0.3) is 6.43 Å². The Hall–Kier alpha value is -3.24. The molecule has 0 spiro atoms. The average Bonchev–Trinajstić information content (AvgIpc) is 3.52. The fourth-order valence-electron chi connectivity index (χ4n) is 5.50. The molecule has 1 saturated heterocycles. The summed E-state index contributed by atoms with van der Waals surface area (Å²) in [6.45, 7) is 6.22. The summed E-state index contributed by atoms with van der Waals surface area (Å²) in [5.74, 6) is 0.510. The number of hydrogen-bond donors (Lipinski definition) is 0. The monoisotopic (exact) mass is 522 g/mol. The quantitative estimate of drug-likeness (QED) is 0.378. The molecule has 1 aromatic carbocycles. The van der Waals surface area contributed by atoms with Gasteiger partial charge in [0.05, 0.1) is 4.90 Å². The molecule has 4 aromatic rings. The number of pyridine rings is 2. The maximum Gasteiger partial charge on any atom is 0.297 e. The van der Waals surface area contributed by atoms with Crippen LogP contribution in [-0.4, -0.2) is 47.2 Å². The SMILES string of the molecule is Cc1ccc(Cc2ccn3c(C(F)F)nnc3c2C)cc1CN1CC2CCCN2c2ncccc2S1=O. The Morgan fingerprint density at radius 2 is 2.00 bits per heavy atom. The molecule has 2 atom stereocenters. The summed E-state index contributed by atoms with van der Waals surface area (Å²) in [5.41, 5.74) is 5.67. The summed E-state index contributed by atoms with van der Waals surface area (Å²) in [5, 5.41) is 7.67. The Kier molecular flexibility index (Phi) is 6.24. The van der Waals surface area contributed by atoms with Crippen molar-refractivity contribution in [3.63, 3.8) is 0 Å². The Morgan fingerprint density at radius 3 is 2.84 bits per heavy atom. The average molecular weight is 523 g/mol. The molecule has 3 aromatic heterocycles. The number of rotatable bonds is 5. The number of benzene rings is 1. The highest BCUT2D eigenvalue weighted by Gasteiger charge is 2.36. The van der Waals surface area contributed by atoms with Gasteiger partial charge in [-0.3, -0.25) is 4.40 Å². The summed E-state index contributed by atoms with van der Waals surface area (Å²) in [4.78, 5) is 7.68. The van der Waals surface area contributed by atoms with E-state index >= 15 is 0 Å². The second-order valence-electron chi connectivity index (χ2n) is 9.84. The molecular formula is C27H28F2N6OS. The van der Waals surface area contributed by atoms with Crippen molar-refractivity contribution in [1.82, 2.24) is 23.9 Å². The van der Waals surface area contributed by atoms with Gasteiger partial charge >= 0.3 is 0 Å². The molecule has 5 heterocycles. The van der Waals surface area contributed by atoms with Crippen LogP contribution in [0.3, 0.4) is 0 Å². The standard InChI is InChI=1S/C27H28F2N6OS/c1-17-7-8-19(13-20-9-12-35-25(18(20)2)31-32-27(35)24(28)29)14-21(17)15-33-16-22-5-4-11-34(22)26-23(37(33)36)6-3-10-30-26/h3,6-10,12,14,22,24H,4-5,11,13,15-16H2,1-2H3. The van der Waals surface area contributed by atoms with Crippen LogP contribution in [0.15, 0.2) is 53.7 Å². The molecule has 0 saturated carbocycles. The Bertz CT molecular complexity index is 1510. The van der Waals surface area contributed by atoms with Crippen LogP contribution < -0.4 is 4.90 Å². The first kappa shape index (κ1) is 24.1. The number of aromatic nitrogens is 4. The van der Waals surface area contributed by atoms with E-state index in [1.54, 1.807) is 12.4 Å². The van der Waals surface area contributed by atoms with E-state index in [0.717, 1.165) is 64.5 Å². The predicted octanol–water partition coefficient (Wildman–Crippen LogP) is 4.78. The lowest BCUT2D eigenvalue weighted by atomic mass is 9.98. The molecule has 2 aliphatic rings. The van der Waals surface area contributed by atoms with E-state index < -0.39 is 17.4 Å². The van der Waals surface area contributed by atoms with E-state index in [1.807, 2.05) is 25.1 Å². The van der Waals surface area contributed by atoms with Crippen LogP contribution in [0.4, 0.5) is 14.6 Å². The van der Waals surface area contributed by atoms with Crippen LogP contribution in [0.25, 0.3) is 5.65 Å². The maximum atomic E-state index is 13.7. The molecule has 192 valence electrons. The van der Waals surface area contributed by atoms with Crippen molar-refractivity contribution in [2.45, 2.75) is 57.0 Å². The van der Waals surface area contributed by atoms with Crippen molar-refractivity contribution in [1.29, 1.82) is 0 Å². The number of fused-ring (bicyclic) bond motifs is 4. The van der Waals surface area contributed by atoms with Crippen molar-refractivity contribution >= 4 is 22.5 Å². The van der Waals surface area contributed by atoms with Crippen LogP contribution in [0.2, 0.25) is 0 Å². The van der Waals surface area contributed by atoms with Gasteiger partial charge in [-0.1, -0.05) is 18.2 Å². The molecule has 0 radical (unpaired) electrons. The first-order valence-corrected chi connectivity index (χ1v) is 13.6. The van der Waals surface area contributed by atoms with E-state index in [0.29, 0.717) is 24.7 Å². The third-order valence-electron chi connectivity index (χ3n) is 7.55. The van der Waals surface area contributed by atoms with Crippen molar-refractivity contribution in [3.8, 4) is 0 Å². The topological polar surface area (TPSA) is 66.6 Å². The minimum absolute atomic E-state index is 0.305. The van der Waals surface area contributed by atoms with Crippen molar-refractivity contribution in [2.75, 3.05) is 18.0 Å². The Balaban J connectivity index is 1.28. The number of hydrogen-bond acceptors (Lipinski definition) is 5. The maximum absolute atomic E-state index is 13.7. The summed E-state index contributed by atoms with van der Waals surface area (Å²) < 4.78 is 43.6. The largest absolute Gasteiger partial charge is 0.351 e. The molecule has 0 amide bonds. The molecule has 2 aliphatic heterocycles. The van der Waals surface area contributed by atoms with Crippen LogP contribution in [-0.2, 0) is 24.0 Å². The molecule has 0 aliphatic carbocycles. The minimum Gasteiger partial charge on any atom is -0.351 e. The highest BCUT2D eigenvalue weighted by atomic mass is 32.2. The van der Waals surface area contributed by atoms with Crippen LogP contribution in [0, 0.1) is 13.8 Å². The van der Waals surface area contributed by atoms with Crippen molar-refractivity contribution in [3.05, 3.63) is 82.4 Å². The normalized spacial score (nSPS) is 19.9. The highest BCUT2D eigenvalue weighted by Crippen LogP contribution is 2.34. The molecule has 0 bridgehead atoms. The number of aryl methyl sites for hydroxylation is 2. The smallest absolute Gasteiger partial charge is 0.297 e. The summed E-state index contributed by atoms with van der Waals surface area (Å²) in [6.07, 6.45) is 3.54. The van der Waals surface area contributed by atoms with Gasteiger partial charge in [0, 0.05) is 38.1 Å². The summed E-state index contributed by atoms with van der Waals surface area (Å²) >= 11 is 0. The molecule has 6 rings (SSSR count). The van der Waals surface area contributed by atoms with Gasteiger partial charge in [-0.2, -0.15) is 0 Å². The van der Waals surface area contributed by atoms with Gasteiger partial charge in [-0.05, 0) is 79.1 Å². The van der Waals surface area contributed by atoms with Gasteiger partial charge in [-0.15, -0.1) is 10.2 Å². The number of nitrogens with zero attached hydrogens (tertiary/aromatic N) is 6. The summed E-state index contributed by atoms with van der Waals surface area (Å²) in [6, 6.07) is 12.3. The number of alkyl halides is 2. The van der Waals surface area contributed by atoms with Gasteiger partial charge < -0.3 is 4.90 Å². The third-order valence-corrected chi connectivity index (χ3v) is 8.99. The first-order valence-electron chi connectivity index (χ1n) is 12.5. The third kappa shape index (κ3) is 4.31. The number of anilines is 1. The molecule has 7 nitrogen and oxygen atoms in total. The molecular weight excluding hydrogens is 494 g/mol. The van der Waals surface area contributed by atoms with Gasteiger partial charge in [0.2, 0.25) is 5.82 Å². The van der Waals surface area contributed by atoms with E-state index in [9.17, 15) is 13.0 Å². The lowest BCUT2D eigenvalue weighted by Crippen LogP contribution is -2.38. The van der Waals surface area contributed by atoms with Crippen LogP contribution in [0.1, 0.15) is 52.9 Å². The van der Waals surface area contributed by atoms with Gasteiger partial charge in [-0.25, -0.2) is 22.3 Å². The lowest BCUT2D eigenvalue weighted by Gasteiger charge is -2.26. The lowest BCUT2D eigenvalue weighted by molar-refractivity contribution is 0.139. The number of halogens is 2. The first-order chi connectivity index (χ1) is 17.9. The Morgan fingerprint density at radius 1 is 1.14 bits per heavy atom. The van der Waals surface area contributed by atoms with E-state index in [-0.39, 0.29) is 5.82 Å². The molecule has 2 unspecified atom stereocenters. The molecule has 0 N–H and O–H groups in total. The van der Waals surface area contributed by atoms with Crippen LogP contribution in [0.5, 0.6) is 0 Å².